The standard InChI is InChI=1S/C14H17N3O3/c1-18-10-5-6-11(12(7-10)19-2)14-16-13(17-20-14)8-15-9-3-4-9/h5-7,9,15H,3-4,8H2,1-2H3. The molecule has 6 nitrogen and oxygen atoms in total. The van der Waals surface area contributed by atoms with Gasteiger partial charge in [-0.1, -0.05) is 5.16 Å². The van der Waals surface area contributed by atoms with Crippen molar-refractivity contribution in [3.8, 4) is 23.0 Å². The highest BCUT2D eigenvalue weighted by Gasteiger charge is 2.21. The van der Waals surface area contributed by atoms with Crippen LogP contribution in [-0.4, -0.2) is 30.4 Å². The van der Waals surface area contributed by atoms with Gasteiger partial charge in [0.1, 0.15) is 11.5 Å². The zero-order valence-corrected chi connectivity index (χ0v) is 11.5. The summed E-state index contributed by atoms with van der Waals surface area (Å²) < 4.78 is 15.8. The highest BCUT2D eigenvalue weighted by atomic mass is 16.5. The van der Waals surface area contributed by atoms with Gasteiger partial charge in [0.15, 0.2) is 5.82 Å². The molecule has 1 aliphatic rings. The molecule has 0 spiro atoms. The third kappa shape index (κ3) is 2.75. The molecule has 0 saturated heterocycles. The van der Waals surface area contributed by atoms with Crippen LogP contribution in [-0.2, 0) is 6.54 Å². The Morgan fingerprint density at radius 3 is 2.85 bits per heavy atom. The average molecular weight is 275 g/mol. The molecule has 0 bridgehead atoms. The molecule has 3 rings (SSSR count). The van der Waals surface area contributed by atoms with Crippen molar-refractivity contribution in [2.75, 3.05) is 14.2 Å². The number of hydrogen-bond donors (Lipinski definition) is 1. The molecule has 1 fully saturated rings. The summed E-state index contributed by atoms with van der Waals surface area (Å²) in [7, 11) is 3.22. The third-order valence-corrected chi connectivity index (χ3v) is 3.23. The summed E-state index contributed by atoms with van der Waals surface area (Å²) in [5.74, 6) is 2.48. The summed E-state index contributed by atoms with van der Waals surface area (Å²) in [5, 5.41) is 7.32. The van der Waals surface area contributed by atoms with Gasteiger partial charge >= 0.3 is 0 Å². The molecule has 106 valence electrons. The SMILES string of the molecule is COc1ccc(-c2nc(CNC3CC3)no2)c(OC)c1. The van der Waals surface area contributed by atoms with Gasteiger partial charge in [-0.3, -0.25) is 0 Å². The summed E-state index contributed by atoms with van der Waals surface area (Å²) in [5.41, 5.74) is 0.762. The van der Waals surface area contributed by atoms with E-state index in [4.69, 9.17) is 14.0 Å². The topological polar surface area (TPSA) is 69.4 Å². The maximum absolute atomic E-state index is 5.34. The molecule has 0 radical (unpaired) electrons. The van der Waals surface area contributed by atoms with Crippen molar-refractivity contribution in [1.82, 2.24) is 15.5 Å². The molecule has 0 aliphatic heterocycles. The van der Waals surface area contributed by atoms with Crippen LogP contribution in [0, 0.1) is 0 Å². The molecular formula is C14H17N3O3. The van der Waals surface area contributed by atoms with E-state index in [-0.39, 0.29) is 0 Å². The molecule has 1 N–H and O–H groups in total. The first-order valence-corrected chi connectivity index (χ1v) is 6.58. The van der Waals surface area contributed by atoms with Crippen molar-refractivity contribution >= 4 is 0 Å². The summed E-state index contributed by atoms with van der Waals surface area (Å²) in [6.45, 7) is 0.632. The fourth-order valence-corrected chi connectivity index (χ4v) is 1.93. The van der Waals surface area contributed by atoms with Crippen LogP contribution in [0.25, 0.3) is 11.5 Å². The minimum atomic E-state index is 0.456. The molecule has 0 amide bonds. The fourth-order valence-electron chi connectivity index (χ4n) is 1.93. The minimum Gasteiger partial charge on any atom is -0.497 e. The maximum atomic E-state index is 5.34. The number of hydrogen-bond acceptors (Lipinski definition) is 6. The van der Waals surface area contributed by atoms with E-state index in [0.29, 0.717) is 30.1 Å². The van der Waals surface area contributed by atoms with Gasteiger partial charge in [-0.05, 0) is 25.0 Å². The third-order valence-electron chi connectivity index (χ3n) is 3.23. The molecule has 6 heteroatoms. The second-order valence-electron chi connectivity index (χ2n) is 4.74. The summed E-state index contributed by atoms with van der Waals surface area (Å²) in [6, 6.07) is 6.10. The second-order valence-corrected chi connectivity index (χ2v) is 4.74. The Labute approximate surface area is 117 Å². The molecule has 1 heterocycles. The zero-order valence-electron chi connectivity index (χ0n) is 11.5. The number of nitrogens with one attached hydrogen (secondary N) is 1. The molecular weight excluding hydrogens is 258 g/mol. The number of benzene rings is 1. The number of nitrogens with zero attached hydrogens (tertiary/aromatic N) is 2. The van der Waals surface area contributed by atoms with Gasteiger partial charge in [0.2, 0.25) is 0 Å². The Morgan fingerprint density at radius 1 is 1.30 bits per heavy atom. The Balaban J connectivity index is 1.80. The van der Waals surface area contributed by atoms with E-state index < -0.39 is 0 Å². The van der Waals surface area contributed by atoms with Crippen LogP contribution in [0.5, 0.6) is 11.5 Å². The Hall–Kier alpha value is -2.08. The van der Waals surface area contributed by atoms with Crippen molar-refractivity contribution in [3.63, 3.8) is 0 Å². The highest BCUT2D eigenvalue weighted by Crippen LogP contribution is 2.32. The zero-order chi connectivity index (χ0) is 13.9. The highest BCUT2D eigenvalue weighted by molar-refractivity contribution is 5.64. The monoisotopic (exact) mass is 275 g/mol. The summed E-state index contributed by atoms with van der Waals surface area (Å²) in [4.78, 5) is 4.38. The first-order chi connectivity index (χ1) is 9.80. The van der Waals surface area contributed by atoms with Gasteiger partial charge in [0, 0.05) is 12.1 Å². The Morgan fingerprint density at radius 2 is 2.15 bits per heavy atom. The Bertz CT molecular complexity index is 593. The van der Waals surface area contributed by atoms with E-state index in [1.165, 1.54) is 12.8 Å². The first-order valence-electron chi connectivity index (χ1n) is 6.58. The van der Waals surface area contributed by atoms with Crippen molar-refractivity contribution < 1.29 is 14.0 Å². The van der Waals surface area contributed by atoms with Gasteiger partial charge < -0.3 is 19.3 Å². The summed E-state index contributed by atoms with van der Waals surface area (Å²) >= 11 is 0. The lowest BCUT2D eigenvalue weighted by Crippen LogP contribution is -2.16. The van der Waals surface area contributed by atoms with Gasteiger partial charge in [0.05, 0.1) is 26.3 Å². The van der Waals surface area contributed by atoms with E-state index in [2.05, 4.69) is 15.5 Å². The smallest absolute Gasteiger partial charge is 0.261 e. The van der Waals surface area contributed by atoms with Gasteiger partial charge in [-0.15, -0.1) is 0 Å². The molecule has 1 aromatic carbocycles. The van der Waals surface area contributed by atoms with E-state index in [1.807, 2.05) is 12.1 Å². The minimum absolute atomic E-state index is 0.456. The Kier molecular flexibility index (Phi) is 3.56. The van der Waals surface area contributed by atoms with E-state index in [0.717, 1.165) is 11.3 Å². The van der Waals surface area contributed by atoms with Crippen molar-refractivity contribution in [3.05, 3.63) is 24.0 Å². The second kappa shape index (κ2) is 5.50. The number of ether oxygens (including phenoxy) is 2. The lowest BCUT2D eigenvalue weighted by molar-refractivity contribution is 0.389. The van der Waals surface area contributed by atoms with Gasteiger partial charge in [-0.25, -0.2) is 0 Å². The molecule has 1 aromatic heterocycles. The van der Waals surface area contributed by atoms with Crippen LogP contribution in [0.2, 0.25) is 0 Å². The number of methoxy groups -OCH3 is 2. The fraction of sp³-hybridized carbons (Fsp3) is 0.429. The first kappa shape index (κ1) is 12.9. The van der Waals surface area contributed by atoms with E-state index in [9.17, 15) is 0 Å². The molecule has 1 saturated carbocycles. The molecule has 0 unspecified atom stereocenters. The van der Waals surface area contributed by atoms with Gasteiger partial charge in [-0.2, -0.15) is 4.98 Å². The lowest BCUT2D eigenvalue weighted by Gasteiger charge is -2.06. The number of aromatic nitrogens is 2. The van der Waals surface area contributed by atoms with Gasteiger partial charge in [0.25, 0.3) is 5.89 Å². The predicted molar refractivity (Wildman–Crippen MR) is 72.7 cm³/mol. The molecule has 20 heavy (non-hydrogen) atoms. The quantitative estimate of drug-likeness (QED) is 0.869. The molecule has 2 aromatic rings. The maximum Gasteiger partial charge on any atom is 0.261 e. The molecule has 1 aliphatic carbocycles. The average Bonchev–Trinajstić information content (AvgIpc) is 3.21. The normalized spacial score (nSPS) is 14.3. The van der Waals surface area contributed by atoms with Crippen molar-refractivity contribution in [1.29, 1.82) is 0 Å². The number of rotatable bonds is 6. The van der Waals surface area contributed by atoms with Crippen molar-refractivity contribution in [2.24, 2.45) is 0 Å². The molecule has 0 atom stereocenters. The van der Waals surface area contributed by atoms with Crippen LogP contribution < -0.4 is 14.8 Å². The van der Waals surface area contributed by atoms with Crippen LogP contribution in [0.3, 0.4) is 0 Å². The van der Waals surface area contributed by atoms with E-state index >= 15 is 0 Å². The lowest BCUT2D eigenvalue weighted by atomic mass is 10.2. The largest absolute Gasteiger partial charge is 0.497 e. The van der Waals surface area contributed by atoms with Crippen LogP contribution in [0.4, 0.5) is 0 Å². The van der Waals surface area contributed by atoms with E-state index in [1.54, 1.807) is 20.3 Å². The predicted octanol–water partition coefficient (Wildman–Crippen LogP) is 2.01. The van der Waals surface area contributed by atoms with Crippen LogP contribution in [0.15, 0.2) is 22.7 Å². The van der Waals surface area contributed by atoms with Crippen LogP contribution in [0.1, 0.15) is 18.7 Å². The van der Waals surface area contributed by atoms with Crippen LogP contribution >= 0.6 is 0 Å². The van der Waals surface area contributed by atoms with Crippen molar-refractivity contribution in [2.45, 2.75) is 25.4 Å². The summed E-state index contributed by atoms with van der Waals surface area (Å²) in [6.07, 6.45) is 2.47.